The van der Waals surface area contributed by atoms with E-state index in [-0.39, 0.29) is 17.9 Å². The number of thiophene rings is 1. The molecule has 0 radical (unpaired) electrons. The maximum atomic E-state index is 12.3. The number of rotatable bonds is 4. The topological polar surface area (TPSA) is 93.3 Å². The van der Waals surface area contributed by atoms with Crippen molar-refractivity contribution in [2.75, 3.05) is 18.5 Å². The summed E-state index contributed by atoms with van der Waals surface area (Å²) in [6.07, 6.45) is 1.40. The van der Waals surface area contributed by atoms with Crippen LogP contribution in [0.1, 0.15) is 29.1 Å². The fourth-order valence-electron chi connectivity index (χ4n) is 3.11. The molecule has 7 nitrogen and oxygen atoms in total. The average molecular weight is 399 g/mol. The van der Waals surface area contributed by atoms with Crippen LogP contribution in [-0.2, 0) is 11.2 Å². The fourth-order valence-corrected chi connectivity index (χ4v) is 4.16. The van der Waals surface area contributed by atoms with Crippen molar-refractivity contribution in [1.29, 1.82) is 0 Å². The number of hydrogen-bond donors (Lipinski definition) is 2. The highest BCUT2D eigenvalue weighted by Gasteiger charge is 2.14. The van der Waals surface area contributed by atoms with Crippen LogP contribution in [0.3, 0.4) is 0 Å². The minimum atomic E-state index is -0.157. The molecule has 0 fully saturated rings. The van der Waals surface area contributed by atoms with E-state index in [9.17, 15) is 9.59 Å². The van der Waals surface area contributed by atoms with Crippen molar-refractivity contribution < 1.29 is 14.3 Å². The van der Waals surface area contributed by atoms with Gasteiger partial charge in [0.15, 0.2) is 11.5 Å². The van der Waals surface area contributed by atoms with Crippen LogP contribution in [0.25, 0.3) is 10.2 Å². The number of nitrogens with zero attached hydrogens (tertiary/aromatic N) is 1. The Labute approximate surface area is 165 Å². The third-order valence-corrected chi connectivity index (χ3v) is 5.81. The van der Waals surface area contributed by atoms with Gasteiger partial charge >= 0.3 is 0 Å². The van der Waals surface area contributed by atoms with Gasteiger partial charge in [0.1, 0.15) is 10.7 Å². The number of ether oxygens (including phenoxy) is 2. The number of anilines is 1. The van der Waals surface area contributed by atoms with E-state index in [4.69, 9.17) is 9.47 Å². The molecule has 0 atom stereocenters. The molecule has 3 aromatic rings. The summed E-state index contributed by atoms with van der Waals surface area (Å²) in [6, 6.07) is 5.35. The van der Waals surface area contributed by atoms with Crippen molar-refractivity contribution in [3.63, 3.8) is 0 Å². The lowest BCUT2D eigenvalue weighted by Crippen LogP contribution is -2.16. The van der Waals surface area contributed by atoms with Gasteiger partial charge < -0.3 is 19.8 Å². The van der Waals surface area contributed by atoms with Gasteiger partial charge in [-0.15, -0.1) is 11.3 Å². The number of amides is 1. The molecule has 1 aliphatic heterocycles. The first-order valence-corrected chi connectivity index (χ1v) is 10.0. The SMILES string of the molecule is Cc1sc2nc(CCC(=O)Nc3ccc4c(c3)OCCCO4)[nH]c(=O)c2c1C. The number of hydrogen-bond acceptors (Lipinski definition) is 6. The molecule has 1 amide bonds. The minimum Gasteiger partial charge on any atom is -0.490 e. The molecule has 146 valence electrons. The van der Waals surface area contributed by atoms with E-state index >= 15 is 0 Å². The number of carbonyl (C=O) groups is 1. The number of fused-ring (bicyclic) bond motifs is 2. The molecule has 2 aromatic heterocycles. The highest BCUT2D eigenvalue weighted by molar-refractivity contribution is 7.18. The molecule has 1 aromatic carbocycles. The summed E-state index contributed by atoms with van der Waals surface area (Å²) in [5, 5.41) is 3.50. The van der Waals surface area contributed by atoms with Crippen molar-refractivity contribution in [1.82, 2.24) is 9.97 Å². The summed E-state index contributed by atoms with van der Waals surface area (Å²) < 4.78 is 11.2. The number of benzene rings is 1. The van der Waals surface area contributed by atoms with E-state index < -0.39 is 0 Å². The molecule has 0 saturated heterocycles. The molecule has 0 bridgehead atoms. The van der Waals surface area contributed by atoms with Gasteiger partial charge in [0.25, 0.3) is 5.56 Å². The molecule has 0 unspecified atom stereocenters. The van der Waals surface area contributed by atoms with Crippen LogP contribution >= 0.6 is 11.3 Å². The smallest absolute Gasteiger partial charge is 0.259 e. The summed E-state index contributed by atoms with van der Waals surface area (Å²) in [6.45, 7) is 5.11. The molecule has 0 aliphatic carbocycles. The second-order valence-corrected chi connectivity index (χ2v) is 7.94. The van der Waals surface area contributed by atoms with Crippen molar-refractivity contribution in [3.8, 4) is 11.5 Å². The van der Waals surface area contributed by atoms with Gasteiger partial charge in [-0.05, 0) is 31.5 Å². The van der Waals surface area contributed by atoms with E-state index in [0.29, 0.717) is 48.0 Å². The van der Waals surface area contributed by atoms with Gasteiger partial charge in [-0.25, -0.2) is 4.98 Å². The van der Waals surface area contributed by atoms with E-state index in [1.54, 1.807) is 18.2 Å². The van der Waals surface area contributed by atoms with Crippen molar-refractivity contribution in [3.05, 3.63) is 44.8 Å². The Bertz CT molecular complexity index is 1100. The Kier molecular flexibility index (Phi) is 5.04. The van der Waals surface area contributed by atoms with E-state index in [1.165, 1.54) is 11.3 Å². The molecular weight excluding hydrogens is 378 g/mol. The fraction of sp³-hybridized carbons (Fsp3) is 0.350. The van der Waals surface area contributed by atoms with Gasteiger partial charge in [-0.3, -0.25) is 9.59 Å². The van der Waals surface area contributed by atoms with Gasteiger partial charge in [0, 0.05) is 35.9 Å². The molecule has 4 rings (SSSR count). The number of H-pyrrole nitrogens is 1. The van der Waals surface area contributed by atoms with Crippen LogP contribution in [0.2, 0.25) is 0 Å². The molecule has 3 heterocycles. The van der Waals surface area contributed by atoms with E-state index in [2.05, 4.69) is 15.3 Å². The van der Waals surface area contributed by atoms with Gasteiger partial charge in [-0.1, -0.05) is 0 Å². The Morgan fingerprint density at radius 1 is 1.25 bits per heavy atom. The molecule has 1 aliphatic rings. The lowest BCUT2D eigenvalue weighted by atomic mass is 10.2. The standard InChI is InChI=1S/C20H21N3O4S/c1-11-12(2)28-20-18(11)19(25)22-16(23-20)6-7-17(24)21-13-4-5-14-15(10-13)27-9-3-8-26-14/h4-5,10H,3,6-9H2,1-2H3,(H,21,24)(H,22,23,25). The first kappa shape index (κ1) is 18.5. The highest BCUT2D eigenvalue weighted by atomic mass is 32.1. The van der Waals surface area contributed by atoms with E-state index in [0.717, 1.165) is 21.7 Å². The number of carbonyl (C=O) groups excluding carboxylic acids is 1. The van der Waals surface area contributed by atoms with Crippen LogP contribution in [0, 0.1) is 13.8 Å². The van der Waals surface area contributed by atoms with Crippen molar-refractivity contribution in [2.45, 2.75) is 33.1 Å². The van der Waals surface area contributed by atoms with Crippen molar-refractivity contribution in [2.24, 2.45) is 0 Å². The van der Waals surface area contributed by atoms with Crippen LogP contribution in [0.4, 0.5) is 5.69 Å². The maximum absolute atomic E-state index is 12.3. The summed E-state index contributed by atoms with van der Waals surface area (Å²) in [7, 11) is 0. The van der Waals surface area contributed by atoms with Crippen LogP contribution in [0.15, 0.2) is 23.0 Å². The van der Waals surface area contributed by atoms with Crippen LogP contribution in [0.5, 0.6) is 11.5 Å². The normalized spacial score (nSPS) is 13.4. The third kappa shape index (κ3) is 3.73. The zero-order chi connectivity index (χ0) is 19.7. The Morgan fingerprint density at radius 2 is 2.04 bits per heavy atom. The summed E-state index contributed by atoms with van der Waals surface area (Å²) in [4.78, 5) is 33.8. The Balaban J connectivity index is 1.43. The molecular formula is C20H21N3O4S. The quantitative estimate of drug-likeness (QED) is 0.702. The molecule has 0 spiro atoms. The summed E-state index contributed by atoms with van der Waals surface area (Å²) >= 11 is 1.50. The van der Waals surface area contributed by atoms with Crippen LogP contribution < -0.4 is 20.3 Å². The zero-order valence-electron chi connectivity index (χ0n) is 15.8. The van der Waals surface area contributed by atoms with E-state index in [1.807, 2.05) is 13.8 Å². The van der Waals surface area contributed by atoms with Crippen molar-refractivity contribution >= 4 is 33.1 Å². The lowest BCUT2D eigenvalue weighted by Gasteiger charge is -2.10. The maximum Gasteiger partial charge on any atom is 0.259 e. The van der Waals surface area contributed by atoms with Gasteiger partial charge in [0.2, 0.25) is 5.91 Å². The molecule has 0 saturated carbocycles. The predicted molar refractivity (Wildman–Crippen MR) is 109 cm³/mol. The molecule has 2 N–H and O–H groups in total. The average Bonchev–Trinajstić information content (AvgIpc) is 2.83. The summed E-state index contributed by atoms with van der Waals surface area (Å²) in [5.41, 5.74) is 1.47. The number of aryl methyl sites for hydroxylation is 3. The molecule has 8 heteroatoms. The minimum absolute atomic E-state index is 0.148. The Morgan fingerprint density at radius 3 is 2.86 bits per heavy atom. The number of aromatic amines is 1. The lowest BCUT2D eigenvalue weighted by molar-refractivity contribution is -0.116. The van der Waals surface area contributed by atoms with Crippen LogP contribution in [-0.4, -0.2) is 29.1 Å². The number of aromatic nitrogens is 2. The second-order valence-electron chi connectivity index (χ2n) is 6.74. The largest absolute Gasteiger partial charge is 0.490 e. The number of nitrogens with one attached hydrogen (secondary N) is 2. The first-order valence-electron chi connectivity index (χ1n) is 9.19. The monoisotopic (exact) mass is 399 g/mol. The highest BCUT2D eigenvalue weighted by Crippen LogP contribution is 2.32. The summed E-state index contributed by atoms with van der Waals surface area (Å²) in [5.74, 6) is 1.69. The van der Waals surface area contributed by atoms with Gasteiger partial charge in [0.05, 0.1) is 18.6 Å². The second kappa shape index (κ2) is 7.63. The molecule has 28 heavy (non-hydrogen) atoms. The van der Waals surface area contributed by atoms with Gasteiger partial charge in [-0.2, -0.15) is 0 Å². The Hall–Kier alpha value is -2.87. The third-order valence-electron chi connectivity index (χ3n) is 4.71. The predicted octanol–water partition coefficient (Wildman–Crippen LogP) is 3.33. The zero-order valence-corrected chi connectivity index (χ0v) is 16.6. The first-order chi connectivity index (χ1) is 13.5.